The monoisotopic (exact) mass is 199 g/mol. The van der Waals surface area contributed by atoms with Crippen molar-refractivity contribution in [1.82, 2.24) is 0 Å². The summed E-state index contributed by atoms with van der Waals surface area (Å²) in [5, 5.41) is 0. The van der Waals surface area contributed by atoms with Crippen molar-refractivity contribution in [2.45, 2.75) is 6.92 Å². The van der Waals surface area contributed by atoms with Crippen molar-refractivity contribution >= 4 is 5.69 Å². The molecule has 1 aromatic rings. The Balaban J connectivity index is 2.01. The Kier molecular flexibility index (Phi) is 2.91. The maximum atomic E-state index is 2.30. The highest BCUT2D eigenvalue weighted by atomic mass is 15.1. The number of benzene rings is 1. The average Bonchev–Trinajstić information content (AvgIpc) is 2.71. The van der Waals surface area contributed by atoms with Gasteiger partial charge in [-0.25, -0.2) is 0 Å². The molecule has 0 spiro atoms. The summed E-state index contributed by atoms with van der Waals surface area (Å²) >= 11 is 0. The molecule has 15 heavy (non-hydrogen) atoms. The highest BCUT2D eigenvalue weighted by Gasteiger charge is 2.07. The number of hydrogen-bond donors (Lipinski definition) is 0. The van der Waals surface area contributed by atoms with E-state index in [1.54, 1.807) is 0 Å². The van der Waals surface area contributed by atoms with Gasteiger partial charge in [0.05, 0.1) is 0 Å². The molecular formula is C14H17N. The molecule has 1 aliphatic carbocycles. The normalized spacial score (nSPS) is 14.8. The number of hydrogen-bond acceptors (Lipinski definition) is 1. The Morgan fingerprint density at radius 1 is 1.07 bits per heavy atom. The van der Waals surface area contributed by atoms with Gasteiger partial charge in [0, 0.05) is 25.2 Å². The zero-order valence-corrected chi connectivity index (χ0v) is 9.35. The first-order chi connectivity index (χ1) is 7.25. The van der Waals surface area contributed by atoms with Crippen LogP contribution in [-0.2, 0) is 0 Å². The molecule has 0 amide bonds. The summed E-state index contributed by atoms with van der Waals surface area (Å²) in [4.78, 5) is 2.30. The van der Waals surface area contributed by atoms with Crippen LogP contribution in [0.4, 0.5) is 5.69 Å². The van der Waals surface area contributed by atoms with Gasteiger partial charge < -0.3 is 4.90 Å². The predicted molar refractivity (Wildman–Crippen MR) is 66.2 cm³/mol. The van der Waals surface area contributed by atoms with Crippen molar-refractivity contribution in [3.8, 4) is 0 Å². The van der Waals surface area contributed by atoms with E-state index in [1.165, 1.54) is 11.3 Å². The molecule has 0 saturated heterocycles. The Morgan fingerprint density at radius 2 is 1.67 bits per heavy atom. The minimum Gasteiger partial charge on any atom is -0.374 e. The number of aryl methyl sites for hydroxylation is 1. The molecule has 0 N–H and O–H groups in total. The molecule has 1 aliphatic rings. The van der Waals surface area contributed by atoms with E-state index in [9.17, 15) is 0 Å². The molecule has 1 nitrogen and oxygen atoms in total. The number of nitrogens with zero attached hydrogens (tertiary/aromatic N) is 1. The summed E-state index contributed by atoms with van der Waals surface area (Å²) in [6.45, 7) is 3.17. The van der Waals surface area contributed by atoms with Gasteiger partial charge in [-0.15, -0.1) is 0 Å². The van der Waals surface area contributed by atoms with Gasteiger partial charge in [0.15, 0.2) is 0 Å². The van der Waals surface area contributed by atoms with Crippen LogP contribution in [0.2, 0.25) is 0 Å². The maximum absolute atomic E-state index is 2.30. The minimum atomic E-state index is 0.566. The van der Waals surface area contributed by atoms with Crippen LogP contribution >= 0.6 is 0 Å². The smallest absolute Gasteiger partial charge is 0.0364 e. The third kappa shape index (κ3) is 2.50. The fraction of sp³-hybridized carbons (Fsp3) is 0.286. The molecule has 1 aromatic carbocycles. The number of rotatable bonds is 3. The molecule has 0 fully saturated rings. The highest BCUT2D eigenvalue weighted by molar-refractivity contribution is 5.47. The Bertz CT molecular complexity index is 361. The van der Waals surface area contributed by atoms with Gasteiger partial charge in [0.25, 0.3) is 0 Å². The summed E-state index contributed by atoms with van der Waals surface area (Å²) in [6.07, 6.45) is 8.72. The summed E-state index contributed by atoms with van der Waals surface area (Å²) in [6, 6.07) is 8.67. The lowest BCUT2D eigenvalue weighted by atomic mass is 10.1. The van der Waals surface area contributed by atoms with Crippen molar-refractivity contribution in [2.75, 3.05) is 18.5 Å². The van der Waals surface area contributed by atoms with Gasteiger partial charge >= 0.3 is 0 Å². The maximum Gasteiger partial charge on any atom is 0.0364 e. The van der Waals surface area contributed by atoms with Crippen molar-refractivity contribution in [3.63, 3.8) is 0 Å². The van der Waals surface area contributed by atoms with E-state index in [4.69, 9.17) is 0 Å². The average molecular weight is 199 g/mol. The molecule has 0 aliphatic heterocycles. The van der Waals surface area contributed by atoms with E-state index in [2.05, 4.69) is 67.4 Å². The first-order valence-electron chi connectivity index (χ1n) is 5.38. The van der Waals surface area contributed by atoms with Gasteiger partial charge in [-0.3, -0.25) is 0 Å². The SMILES string of the molecule is Cc1ccc(N(C)CC2C=CC=C2)cc1. The lowest BCUT2D eigenvalue weighted by Crippen LogP contribution is -2.22. The van der Waals surface area contributed by atoms with Crippen LogP contribution in [0, 0.1) is 12.8 Å². The van der Waals surface area contributed by atoms with E-state index in [-0.39, 0.29) is 0 Å². The lowest BCUT2D eigenvalue weighted by molar-refractivity contribution is 0.775. The first-order valence-corrected chi connectivity index (χ1v) is 5.38. The van der Waals surface area contributed by atoms with Crippen LogP contribution in [-0.4, -0.2) is 13.6 Å². The topological polar surface area (TPSA) is 3.24 Å². The van der Waals surface area contributed by atoms with Crippen LogP contribution in [0.25, 0.3) is 0 Å². The van der Waals surface area contributed by atoms with Crippen LogP contribution in [0.3, 0.4) is 0 Å². The molecule has 0 unspecified atom stereocenters. The minimum absolute atomic E-state index is 0.566. The highest BCUT2D eigenvalue weighted by Crippen LogP contribution is 2.17. The molecule has 0 saturated carbocycles. The van der Waals surface area contributed by atoms with Crippen molar-refractivity contribution < 1.29 is 0 Å². The first kappa shape index (κ1) is 10.0. The largest absolute Gasteiger partial charge is 0.374 e. The van der Waals surface area contributed by atoms with Crippen molar-refractivity contribution in [2.24, 2.45) is 5.92 Å². The fourth-order valence-electron chi connectivity index (χ4n) is 1.82. The number of anilines is 1. The Hall–Kier alpha value is -1.50. The molecule has 2 rings (SSSR count). The van der Waals surface area contributed by atoms with E-state index in [0.717, 1.165) is 6.54 Å². The Labute approximate surface area is 91.7 Å². The van der Waals surface area contributed by atoms with E-state index >= 15 is 0 Å². The van der Waals surface area contributed by atoms with Crippen LogP contribution in [0.5, 0.6) is 0 Å². The Morgan fingerprint density at radius 3 is 2.27 bits per heavy atom. The standard InChI is InChI=1S/C14H17N/c1-12-7-9-14(10-8-12)15(2)11-13-5-3-4-6-13/h3-10,13H,11H2,1-2H3. The zero-order chi connectivity index (χ0) is 10.7. The summed E-state index contributed by atoms with van der Waals surface area (Å²) in [5.74, 6) is 0.566. The van der Waals surface area contributed by atoms with Gasteiger partial charge in [-0.2, -0.15) is 0 Å². The second-order valence-electron chi connectivity index (χ2n) is 4.15. The van der Waals surface area contributed by atoms with E-state index in [1.807, 2.05) is 0 Å². The van der Waals surface area contributed by atoms with Crippen LogP contribution in [0.15, 0.2) is 48.6 Å². The summed E-state index contributed by atoms with van der Waals surface area (Å²) in [7, 11) is 2.14. The molecule has 0 aromatic heterocycles. The second kappa shape index (κ2) is 4.35. The zero-order valence-electron chi connectivity index (χ0n) is 9.35. The number of allylic oxidation sites excluding steroid dienone is 2. The van der Waals surface area contributed by atoms with Crippen molar-refractivity contribution in [3.05, 3.63) is 54.1 Å². The van der Waals surface area contributed by atoms with Gasteiger partial charge in [0.1, 0.15) is 0 Å². The molecule has 0 heterocycles. The van der Waals surface area contributed by atoms with E-state index in [0.29, 0.717) is 5.92 Å². The predicted octanol–water partition coefficient (Wildman–Crippen LogP) is 3.17. The van der Waals surface area contributed by atoms with E-state index < -0.39 is 0 Å². The van der Waals surface area contributed by atoms with Gasteiger partial charge in [-0.1, -0.05) is 42.0 Å². The molecule has 0 atom stereocenters. The fourth-order valence-corrected chi connectivity index (χ4v) is 1.82. The summed E-state index contributed by atoms with van der Waals surface area (Å²) in [5.41, 5.74) is 2.60. The quantitative estimate of drug-likeness (QED) is 0.722. The molecule has 1 heteroatoms. The third-order valence-electron chi connectivity index (χ3n) is 2.79. The van der Waals surface area contributed by atoms with Crippen molar-refractivity contribution in [1.29, 1.82) is 0 Å². The molecule has 0 bridgehead atoms. The van der Waals surface area contributed by atoms with Gasteiger partial charge in [-0.05, 0) is 19.1 Å². The summed E-state index contributed by atoms with van der Waals surface area (Å²) < 4.78 is 0. The third-order valence-corrected chi connectivity index (χ3v) is 2.79. The van der Waals surface area contributed by atoms with Crippen LogP contribution in [0.1, 0.15) is 5.56 Å². The molecular weight excluding hydrogens is 182 g/mol. The molecule has 0 radical (unpaired) electrons. The van der Waals surface area contributed by atoms with Gasteiger partial charge in [0.2, 0.25) is 0 Å². The second-order valence-corrected chi connectivity index (χ2v) is 4.15. The molecule has 78 valence electrons. The lowest BCUT2D eigenvalue weighted by Gasteiger charge is -2.21. The van der Waals surface area contributed by atoms with Crippen LogP contribution < -0.4 is 4.90 Å².